The first-order chi connectivity index (χ1) is 12.2. The molecular weight excluding hydrogens is 312 g/mol. The summed E-state index contributed by atoms with van der Waals surface area (Å²) in [5, 5.41) is 6.04. The number of nitrogens with zero attached hydrogens (tertiary/aromatic N) is 4. The van der Waals surface area contributed by atoms with Gasteiger partial charge in [0, 0.05) is 75.1 Å². The topological polar surface area (TPSA) is 35.2 Å². The van der Waals surface area contributed by atoms with Gasteiger partial charge in [0.2, 0.25) is 0 Å². The van der Waals surface area contributed by atoms with E-state index >= 15 is 0 Å². The third-order valence-electron chi connectivity index (χ3n) is 5.09. The molecule has 0 N–H and O–H groups in total. The highest BCUT2D eigenvalue weighted by molar-refractivity contribution is 5.83. The van der Waals surface area contributed by atoms with Gasteiger partial charge in [-0.05, 0) is 18.6 Å². The smallest absolute Gasteiger partial charge is 0.0736 e. The van der Waals surface area contributed by atoms with Crippen molar-refractivity contribution in [3.05, 3.63) is 53.5 Å². The zero-order chi connectivity index (χ0) is 17.4. The maximum atomic E-state index is 5.73. The van der Waals surface area contributed by atoms with Crippen LogP contribution in [0, 0.1) is 0 Å². The van der Waals surface area contributed by atoms with Crippen LogP contribution in [0.3, 0.4) is 0 Å². The zero-order valence-electron chi connectivity index (χ0n) is 15.3. The van der Waals surface area contributed by atoms with Crippen LogP contribution in [0.1, 0.15) is 29.7 Å². The second-order valence-corrected chi connectivity index (χ2v) is 7.02. The van der Waals surface area contributed by atoms with E-state index in [9.17, 15) is 0 Å². The zero-order valence-corrected chi connectivity index (χ0v) is 15.3. The van der Waals surface area contributed by atoms with Gasteiger partial charge in [-0.15, -0.1) is 0 Å². The Balaban J connectivity index is 1.60. The first-order valence-corrected chi connectivity index (χ1v) is 9.01. The Hall–Kier alpha value is -2.11. The van der Waals surface area contributed by atoms with Crippen LogP contribution in [-0.2, 0) is 31.9 Å². The largest absolute Gasteiger partial charge is 0.381 e. The molecule has 5 heteroatoms. The predicted molar refractivity (Wildman–Crippen MR) is 99.5 cm³/mol. The van der Waals surface area contributed by atoms with Gasteiger partial charge < -0.3 is 9.30 Å². The predicted octanol–water partition coefficient (Wildman–Crippen LogP) is 3.05. The molecule has 3 heterocycles. The van der Waals surface area contributed by atoms with Crippen molar-refractivity contribution in [2.24, 2.45) is 14.1 Å². The fraction of sp³-hybridized carbons (Fsp3) is 0.450. The van der Waals surface area contributed by atoms with E-state index in [1.54, 1.807) is 0 Å². The standard InChI is InChI=1S/C20H26N4O/c1-4-25-14-17-13-24(12-16-10-23(3)21-20(16)17)11-15-9-22(2)19-8-6-5-7-18(15)19/h5-10,17H,4,11-14H2,1-3H3/t17-/m1/s1. The summed E-state index contributed by atoms with van der Waals surface area (Å²) in [7, 11) is 4.13. The molecule has 2 aromatic heterocycles. The molecule has 5 nitrogen and oxygen atoms in total. The van der Waals surface area contributed by atoms with Crippen LogP contribution >= 0.6 is 0 Å². The number of aryl methyl sites for hydroxylation is 2. The number of aromatic nitrogens is 3. The molecule has 0 saturated carbocycles. The van der Waals surface area contributed by atoms with E-state index in [0.717, 1.165) is 32.8 Å². The fourth-order valence-corrected chi connectivity index (χ4v) is 4.03. The summed E-state index contributed by atoms with van der Waals surface area (Å²) in [6, 6.07) is 8.64. The Kier molecular flexibility index (Phi) is 4.36. The van der Waals surface area contributed by atoms with Crippen LogP contribution in [0.5, 0.6) is 0 Å². The van der Waals surface area contributed by atoms with Gasteiger partial charge in [-0.2, -0.15) is 5.10 Å². The minimum atomic E-state index is 0.347. The third kappa shape index (κ3) is 3.10. The van der Waals surface area contributed by atoms with Crippen LogP contribution in [0.2, 0.25) is 0 Å². The highest BCUT2D eigenvalue weighted by atomic mass is 16.5. The lowest BCUT2D eigenvalue weighted by Gasteiger charge is -2.31. The molecule has 0 aliphatic carbocycles. The number of para-hydroxylation sites is 1. The average Bonchev–Trinajstić information content (AvgIpc) is 3.13. The molecule has 1 atom stereocenters. The van der Waals surface area contributed by atoms with Gasteiger partial charge in [-0.25, -0.2) is 0 Å². The van der Waals surface area contributed by atoms with E-state index in [1.165, 1.54) is 27.7 Å². The van der Waals surface area contributed by atoms with Gasteiger partial charge in [0.05, 0.1) is 12.3 Å². The maximum absolute atomic E-state index is 5.73. The van der Waals surface area contributed by atoms with Gasteiger partial charge in [-0.1, -0.05) is 18.2 Å². The summed E-state index contributed by atoms with van der Waals surface area (Å²) in [4.78, 5) is 2.52. The highest BCUT2D eigenvalue weighted by Gasteiger charge is 2.28. The lowest BCUT2D eigenvalue weighted by atomic mass is 9.97. The van der Waals surface area contributed by atoms with Crippen LogP contribution in [0.4, 0.5) is 0 Å². The molecule has 25 heavy (non-hydrogen) atoms. The van der Waals surface area contributed by atoms with E-state index in [1.807, 2.05) is 11.7 Å². The van der Waals surface area contributed by atoms with E-state index in [4.69, 9.17) is 4.74 Å². The Labute approximate surface area is 148 Å². The van der Waals surface area contributed by atoms with Crippen molar-refractivity contribution >= 4 is 10.9 Å². The molecule has 0 spiro atoms. The molecule has 0 fully saturated rings. The molecule has 132 valence electrons. The van der Waals surface area contributed by atoms with Crippen LogP contribution in [0.15, 0.2) is 36.7 Å². The molecule has 1 aliphatic rings. The van der Waals surface area contributed by atoms with Crippen molar-refractivity contribution in [3.63, 3.8) is 0 Å². The van der Waals surface area contributed by atoms with E-state index < -0.39 is 0 Å². The Morgan fingerprint density at radius 3 is 2.88 bits per heavy atom. The van der Waals surface area contributed by atoms with Gasteiger partial charge in [-0.3, -0.25) is 9.58 Å². The van der Waals surface area contributed by atoms with Crippen LogP contribution < -0.4 is 0 Å². The summed E-state index contributed by atoms with van der Waals surface area (Å²) in [6.45, 7) is 6.45. The molecule has 0 unspecified atom stereocenters. The Morgan fingerprint density at radius 1 is 1.20 bits per heavy atom. The lowest BCUT2D eigenvalue weighted by Crippen LogP contribution is -2.34. The maximum Gasteiger partial charge on any atom is 0.0736 e. The molecule has 3 aromatic rings. The first kappa shape index (κ1) is 16.4. The molecule has 0 radical (unpaired) electrons. The van der Waals surface area contributed by atoms with Crippen molar-refractivity contribution in [3.8, 4) is 0 Å². The Morgan fingerprint density at radius 2 is 2.04 bits per heavy atom. The average molecular weight is 338 g/mol. The number of benzene rings is 1. The minimum absolute atomic E-state index is 0.347. The number of rotatable bonds is 5. The van der Waals surface area contributed by atoms with Crippen molar-refractivity contribution < 1.29 is 4.74 Å². The third-order valence-corrected chi connectivity index (χ3v) is 5.09. The minimum Gasteiger partial charge on any atom is -0.381 e. The van der Waals surface area contributed by atoms with E-state index in [-0.39, 0.29) is 0 Å². The Bertz CT molecular complexity index is 879. The van der Waals surface area contributed by atoms with Crippen molar-refractivity contribution in [1.29, 1.82) is 0 Å². The van der Waals surface area contributed by atoms with Crippen molar-refractivity contribution in [1.82, 2.24) is 19.2 Å². The molecule has 0 saturated heterocycles. The van der Waals surface area contributed by atoms with Gasteiger partial charge in [0.1, 0.15) is 0 Å². The fourth-order valence-electron chi connectivity index (χ4n) is 4.03. The van der Waals surface area contributed by atoms with Crippen molar-refractivity contribution in [2.45, 2.75) is 25.9 Å². The molecule has 1 aromatic carbocycles. The normalized spacial score (nSPS) is 18.0. The van der Waals surface area contributed by atoms with Gasteiger partial charge in [0.25, 0.3) is 0 Å². The highest BCUT2D eigenvalue weighted by Crippen LogP contribution is 2.30. The second kappa shape index (κ2) is 6.65. The molecule has 1 aliphatic heterocycles. The lowest BCUT2D eigenvalue weighted by molar-refractivity contribution is 0.104. The van der Waals surface area contributed by atoms with Gasteiger partial charge >= 0.3 is 0 Å². The van der Waals surface area contributed by atoms with Gasteiger partial charge in [0.15, 0.2) is 0 Å². The van der Waals surface area contributed by atoms with Crippen LogP contribution in [0.25, 0.3) is 10.9 Å². The second-order valence-electron chi connectivity index (χ2n) is 7.02. The summed E-state index contributed by atoms with van der Waals surface area (Å²) in [5.74, 6) is 0.347. The monoisotopic (exact) mass is 338 g/mol. The number of fused-ring (bicyclic) bond motifs is 2. The molecular formula is C20H26N4O. The molecule has 4 rings (SSSR count). The molecule has 0 amide bonds. The van der Waals surface area contributed by atoms with E-state index in [2.05, 4.69) is 65.2 Å². The summed E-state index contributed by atoms with van der Waals surface area (Å²) >= 11 is 0. The van der Waals surface area contributed by atoms with Crippen molar-refractivity contribution in [2.75, 3.05) is 19.8 Å². The van der Waals surface area contributed by atoms with E-state index in [0.29, 0.717) is 5.92 Å². The summed E-state index contributed by atoms with van der Waals surface area (Å²) in [6.07, 6.45) is 4.42. The molecule has 0 bridgehead atoms. The summed E-state index contributed by atoms with van der Waals surface area (Å²) in [5.41, 5.74) is 5.23. The number of hydrogen-bond donors (Lipinski definition) is 0. The first-order valence-electron chi connectivity index (χ1n) is 9.01. The SMILES string of the molecule is CCOC[C@H]1CN(Cc2cn(C)c3ccccc23)Cc2cn(C)nc21. The van der Waals surface area contributed by atoms with Crippen LogP contribution in [-0.4, -0.2) is 39.0 Å². The quantitative estimate of drug-likeness (QED) is 0.717. The summed E-state index contributed by atoms with van der Waals surface area (Å²) < 4.78 is 9.89. The number of ether oxygens (including phenoxy) is 1. The number of hydrogen-bond acceptors (Lipinski definition) is 3.